The second kappa shape index (κ2) is 7.26. The molecule has 0 aliphatic heterocycles. The van der Waals surface area contributed by atoms with Crippen molar-refractivity contribution in [1.29, 1.82) is 0 Å². The second-order valence-electron chi connectivity index (χ2n) is 4.24. The van der Waals surface area contributed by atoms with E-state index in [0.717, 1.165) is 15.9 Å². The smallest absolute Gasteiger partial charge is 0.221 e. The van der Waals surface area contributed by atoms with E-state index in [-0.39, 0.29) is 11.9 Å². The number of amides is 1. The van der Waals surface area contributed by atoms with Crippen LogP contribution in [0.1, 0.15) is 20.3 Å². The van der Waals surface area contributed by atoms with Gasteiger partial charge in [0.15, 0.2) is 0 Å². The minimum atomic E-state index is 0.0477. The van der Waals surface area contributed by atoms with E-state index in [1.165, 1.54) is 0 Å². The Morgan fingerprint density at radius 3 is 2.78 bits per heavy atom. The summed E-state index contributed by atoms with van der Waals surface area (Å²) < 4.78 is 6.21. The number of carbonyl (C=O) groups is 1. The van der Waals surface area contributed by atoms with Gasteiger partial charge >= 0.3 is 0 Å². The van der Waals surface area contributed by atoms with E-state index in [2.05, 4.69) is 26.6 Å². The average molecular weight is 315 g/mol. The van der Waals surface area contributed by atoms with Crippen LogP contribution in [0.3, 0.4) is 0 Å². The van der Waals surface area contributed by atoms with Gasteiger partial charge in [-0.2, -0.15) is 0 Å². The quantitative estimate of drug-likeness (QED) is 0.849. The van der Waals surface area contributed by atoms with Crippen LogP contribution in [0, 0.1) is 0 Å². The molecule has 0 aliphatic rings. The fraction of sp³-hybridized carbons (Fsp3) is 0.462. The number of ether oxygens (including phenoxy) is 1. The van der Waals surface area contributed by atoms with E-state index in [1.807, 2.05) is 32.0 Å². The molecule has 0 aliphatic carbocycles. The van der Waals surface area contributed by atoms with Crippen molar-refractivity contribution >= 4 is 27.5 Å². The van der Waals surface area contributed by atoms with Crippen molar-refractivity contribution < 1.29 is 9.53 Å². The van der Waals surface area contributed by atoms with Gasteiger partial charge in [-0.3, -0.25) is 4.79 Å². The highest BCUT2D eigenvalue weighted by Gasteiger charge is 2.05. The Morgan fingerprint density at radius 2 is 2.17 bits per heavy atom. The number of halogens is 1. The molecule has 18 heavy (non-hydrogen) atoms. The first-order valence-electron chi connectivity index (χ1n) is 5.89. The third-order valence-corrected chi connectivity index (χ3v) is 2.77. The Balaban J connectivity index is 2.48. The molecule has 0 radical (unpaired) electrons. The number of anilines is 1. The van der Waals surface area contributed by atoms with Gasteiger partial charge in [0.05, 0.1) is 12.8 Å². The Kier molecular flexibility index (Phi) is 5.98. The number of hydrogen-bond donors (Lipinski definition) is 2. The maximum atomic E-state index is 11.5. The van der Waals surface area contributed by atoms with Gasteiger partial charge in [0.1, 0.15) is 5.75 Å². The number of nitrogens with one attached hydrogen (secondary N) is 2. The monoisotopic (exact) mass is 314 g/mol. The van der Waals surface area contributed by atoms with Gasteiger partial charge in [-0.25, -0.2) is 0 Å². The van der Waals surface area contributed by atoms with Gasteiger partial charge in [0, 0.05) is 23.5 Å². The molecule has 100 valence electrons. The van der Waals surface area contributed by atoms with Crippen LogP contribution in [0.4, 0.5) is 5.69 Å². The lowest BCUT2D eigenvalue weighted by Crippen LogP contribution is -2.31. The minimum Gasteiger partial charge on any atom is -0.495 e. The van der Waals surface area contributed by atoms with Gasteiger partial charge in [0.2, 0.25) is 5.91 Å². The van der Waals surface area contributed by atoms with Crippen LogP contribution in [0.15, 0.2) is 22.7 Å². The van der Waals surface area contributed by atoms with E-state index in [4.69, 9.17) is 4.74 Å². The average Bonchev–Trinajstić information content (AvgIpc) is 2.28. The van der Waals surface area contributed by atoms with Crippen LogP contribution in [0.2, 0.25) is 0 Å². The predicted octanol–water partition coefficient (Wildman–Crippen LogP) is 2.78. The molecule has 0 saturated heterocycles. The van der Waals surface area contributed by atoms with E-state index in [9.17, 15) is 4.79 Å². The molecule has 0 bridgehead atoms. The normalized spacial score (nSPS) is 10.3. The van der Waals surface area contributed by atoms with E-state index < -0.39 is 0 Å². The molecule has 2 N–H and O–H groups in total. The molecule has 1 aromatic carbocycles. The molecule has 5 heteroatoms. The fourth-order valence-corrected chi connectivity index (χ4v) is 1.88. The lowest BCUT2D eigenvalue weighted by atomic mass is 10.2. The number of rotatable bonds is 6. The molecule has 0 fully saturated rings. The topological polar surface area (TPSA) is 50.4 Å². The van der Waals surface area contributed by atoms with Gasteiger partial charge in [-0.1, -0.05) is 15.9 Å². The molecule has 0 aromatic heterocycles. The Labute approximate surface area is 116 Å². The number of hydrogen-bond acceptors (Lipinski definition) is 3. The summed E-state index contributed by atoms with van der Waals surface area (Å²) in [6, 6.07) is 5.90. The third-order valence-electron chi connectivity index (χ3n) is 2.28. The lowest BCUT2D eigenvalue weighted by Gasteiger charge is -2.12. The molecule has 1 amide bonds. The summed E-state index contributed by atoms with van der Waals surface area (Å²) >= 11 is 3.40. The Morgan fingerprint density at radius 1 is 1.44 bits per heavy atom. The second-order valence-corrected chi connectivity index (χ2v) is 5.16. The van der Waals surface area contributed by atoms with Crippen LogP contribution in [-0.4, -0.2) is 25.6 Å². The summed E-state index contributed by atoms with van der Waals surface area (Å²) in [4.78, 5) is 11.5. The van der Waals surface area contributed by atoms with E-state index in [0.29, 0.717) is 13.0 Å². The first-order chi connectivity index (χ1) is 8.52. The van der Waals surface area contributed by atoms with Crippen molar-refractivity contribution in [1.82, 2.24) is 5.32 Å². The maximum Gasteiger partial charge on any atom is 0.221 e. The number of methoxy groups -OCH3 is 1. The van der Waals surface area contributed by atoms with Crippen molar-refractivity contribution in [3.8, 4) is 5.75 Å². The molecule has 1 aromatic rings. The van der Waals surface area contributed by atoms with Gasteiger partial charge < -0.3 is 15.4 Å². The van der Waals surface area contributed by atoms with Gasteiger partial charge in [0.25, 0.3) is 0 Å². The summed E-state index contributed by atoms with van der Waals surface area (Å²) in [5.74, 6) is 0.814. The van der Waals surface area contributed by atoms with Gasteiger partial charge in [-0.05, 0) is 32.0 Å². The summed E-state index contributed by atoms with van der Waals surface area (Å²) in [5.41, 5.74) is 0.879. The summed E-state index contributed by atoms with van der Waals surface area (Å²) in [5, 5.41) is 6.04. The van der Waals surface area contributed by atoms with E-state index in [1.54, 1.807) is 7.11 Å². The van der Waals surface area contributed by atoms with Crippen molar-refractivity contribution in [3.05, 3.63) is 22.7 Å². The first kappa shape index (κ1) is 14.8. The molecule has 4 nitrogen and oxygen atoms in total. The fourth-order valence-electron chi connectivity index (χ4n) is 1.52. The van der Waals surface area contributed by atoms with E-state index >= 15 is 0 Å². The summed E-state index contributed by atoms with van der Waals surface area (Å²) in [7, 11) is 1.62. The highest BCUT2D eigenvalue weighted by atomic mass is 79.9. The molecular formula is C13H19BrN2O2. The van der Waals surface area contributed by atoms with Crippen LogP contribution in [0.5, 0.6) is 5.75 Å². The van der Waals surface area contributed by atoms with Gasteiger partial charge in [-0.15, -0.1) is 0 Å². The zero-order chi connectivity index (χ0) is 13.5. The van der Waals surface area contributed by atoms with Crippen molar-refractivity contribution in [2.24, 2.45) is 0 Å². The first-order valence-corrected chi connectivity index (χ1v) is 6.69. The highest BCUT2D eigenvalue weighted by molar-refractivity contribution is 9.10. The largest absolute Gasteiger partial charge is 0.495 e. The molecular weight excluding hydrogens is 296 g/mol. The predicted molar refractivity (Wildman–Crippen MR) is 77.1 cm³/mol. The number of benzene rings is 1. The number of carbonyl (C=O) groups excluding carboxylic acids is 1. The minimum absolute atomic E-state index is 0.0477. The molecule has 0 saturated carbocycles. The van der Waals surface area contributed by atoms with Crippen LogP contribution in [0.25, 0.3) is 0 Å². The zero-order valence-electron chi connectivity index (χ0n) is 10.9. The van der Waals surface area contributed by atoms with Crippen LogP contribution in [-0.2, 0) is 4.79 Å². The van der Waals surface area contributed by atoms with Crippen LogP contribution < -0.4 is 15.4 Å². The molecule has 0 atom stereocenters. The van der Waals surface area contributed by atoms with Crippen molar-refractivity contribution in [2.45, 2.75) is 26.3 Å². The molecule has 1 rings (SSSR count). The van der Waals surface area contributed by atoms with Crippen LogP contribution >= 0.6 is 15.9 Å². The highest BCUT2D eigenvalue weighted by Crippen LogP contribution is 2.27. The standard InChI is InChI=1S/C13H19BrN2O2/c1-9(2)16-13(17)6-7-15-11-8-10(14)4-5-12(11)18-3/h4-5,8-9,15H,6-7H2,1-3H3,(H,16,17). The molecule has 0 spiro atoms. The zero-order valence-corrected chi connectivity index (χ0v) is 12.5. The van der Waals surface area contributed by atoms with Crippen molar-refractivity contribution in [2.75, 3.05) is 19.0 Å². The Bertz CT molecular complexity index is 408. The van der Waals surface area contributed by atoms with Crippen molar-refractivity contribution in [3.63, 3.8) is 0 Å². The Hall–Kier alpha value is -1.23. The summed E-state index contributed by atoms with van der Waals surface area (Å²) in [6.45, 7) is 4.47. The lowest BCUT2D eigenvalue weighted by molar-refractivity contribution is -0.121. The summed E-state index contributed by atoms with van der Waals surface area (Å²) in [6.07, 6.45) is 0.438. The molecule has 0 unspecified atom stereocenters. The SMILES string of the molecule is COc1ccc(Br)cc1NCCC(=O)NC(C)C. The third kappa shape index (κ3) is 4.96. The maximum absolute atomic E-state index is 11.5. The molecule has 0 heterocycles.